The molecule has 0 spiro atoms. The van der Waals surface area contributed by atoms with Crippen LogP contribution in [0.3, 0.4) is 0 Å². The van der Waals surface area contributed by atoms with Crippen LogP contribution in [0.25, 0.3) is 11.0 Å². The summed E-state index contributed by atoms with van der Waals surface area (Å²) in [6, 6.07) is 2.61. The lowest BCUT2D eigenvalue weighted by Crippen LogP contribution is -2.44. The van der Waals surface area contributed by atoms with Crippen LogP contribution in [-0.4, -0.2) is 29.1 Å². The predicted molar refractivity (Wildman–Crippen MR) is 99.2 cm³/mol. The molecule has 0 radical (unpaired) electrons. The van der Waals surface area contributed by atoms with E-state index in [2.05, 4.69) is 5.32 Å². The van der Waals surface area contributed by atoms with Gasteiger partial charge in [-0.2, -0.15) is 0 Å². The Morgan fingerprint density at radius 2 is 1.85 bits per heavy atom. The van der Waals surface area contributed by atoms with Crippen LogP contribution in [0, 0.1) is 6.92 Å². The molecule has 1 aromatic heterocycles. The van der Waals surface area contributed by atoms with Crippen LogP contribution in [0.5, 0.6) is 5.75 Å². The molecular formula is C20H23NO6. The van der Waals surface area contributed by atoms with Gasteiger partial charge < -0.3 is 19.6 Å². The highest BCUT2D eigenvalue weighted by Crippen LogP contribution is 2.32. The van der Waals surface area contributed by atoms with Gasteiger partial charge >= 0.3 is 11.6 Å². The summed E-state index contributed by atoms with van der Waals surface area (Å²) < 4.78 is 11.3. The number of rotatable bonds is 5. The number of carboxylic acid groups (broad SMARTS) is 1. The molecule has 2 N–H and O–H groups in total. The fraction of sp³-hybridized carbons (Fsp3) is 0.450. The van der Waals surface area contributed by atoms with E-state index >= 15 is 0 Å². The predicted octanol–water partition coefficient (Wildman–Crippen LogP) is 2.34. The molecule has 0 bridgehead atoms. The third-order valence-electron chi connectivity index (χ3n) is 4.99. The van der Waals surface area contributed by atoms with Gasteiger partial charge in [-0.05, 0) is 64.2 Å². The molecule has 1 aromatic carbocycles. The van der Waals surface area contributed by atoms with Crippen molar-refractivity contribution < 1.29 is 23.8 Å². The molecular weight excluding hydrogens is 350 g/mol. The number of carboxylic acids is 1. The fourth-order valence-electron chi connectivity index (χ4n) is 3.39. The molecule has 3 rings (SSSR count). The van der Waals surface area contributed by atoms with E-state index in [1.165, 1.54) is 13.8 Å². The Kier molecular flexibility index (Phi) is 5.21. The number of ether oxygens (including phenoxy) is 1. The topological polar surface area (TPSA) is 106 Å². The molecule has 0 fully saturated rings. The maximum absolute atomic E-state index is 12.3. The largest absolute Gasteiger partial charge is 0.480 e. The van der Waals surface area contributed by atoms with Crippen molar-refractivity contribution in [3.05, 3.63) is 39.2 Å². The van der Waals surface area contributed by atoms with Crippen molar-refractivity contribution in [1.82, 2.24) is 5.32 Å². The Morgan fingerprint density at radius 3 is 2.52 bits per heavy atom. The molecule has 1 heterocycles. The smallest absolute Gasteiger partial charge is 0.339 e. The van der Waals surface area contributed by atoms with Crippen molar-refractivity contribution in [2.24, 2.45) is 0 Å². The summed E-state index contributed by atoms with van der Waals surface area (Å²) in [6.45, 7) is 4.70. The molecule has 1 unspecified atom stereocenters. The number of carbonyl (C=O) groups excluding carboxylic acids is 1. The average molecular weight is 373 g/mol. The number of hydrogen-bond donors (Lipinski definition) is 2. The van der Waals surface area contributed by atoms with E-state index in [-0.39, 0.29) is 5.63 Å². The first-order valence-corrected chi connectivity index (χ1v) is 9.07. The summed E-state index contributed by atoms with van der Waals surface area (Å²) in [4.78, 5) is 35.3. The van der Waals surface area contributed by atoms with Crippen molar-refractivity contribution in [2.75, 3.05) is 0 Å². The Bertz CT molecular complexity index is 961. The van der Waals surface area contributed by atoms with Crippen LogP contribution in [0.2, 0.25) is 0 Å². The van der Waals surface area contributed by atoms with Gasteiger partial charge in [0.1, 0.15) is 17.4 Å². The van der Waals surface area contributed by atoms with Gasteiger partial charge in [-0.15, -0.1) is 0 Å². The normalized spacial score (nSPS) is 15.7. The third-order valence-corrected chi connectivity index (χ3v) is 4.99. The van der Waals surface area contributed by atoms with Crippen LogP contribution < -0.4 is 15.7 Å². The molecule has 7 heteroatoms. The lowest BCUT2D eigenvalue weighted by atomic mass is 9.90. The number of aliphatic carboxylic acids is 1. The Hall–Kier alpha value is -2.83. The summed E-state index contributed by atoms with van der Waals surface area (Å²) in [7, 11) is 0. The second kappa shape index (κ2) is 7.42. The molecule has 2 atom stereocenters. The Morgan fingerprint density at radius 1 is 1.19 bits per heavy atom. The first-order valence-electron chi connectivity index (χ1n) is 9.07. The zero-order valence-electron chi connectivity index (χ0n) is 15.6. The van der Waals surface area contributed by atoms with Gasteiger partial charge in [0.25, 0.3) is 5.91 Å². The van der Waals surface area contributed by atoms with E-state index in [1.807, 2.05) is 6.07 Å². The van der Waals surface area contributed by atoms with E-state index in [1.54, 1.807) is 13.0 Å². The van der Waals surface area contributed by atoms with Crippen LogP contribution in [0.1, 0.15) is 43.4 Å². The standard InChI is InChI=1S/C20H23NO6/c1-10-16(26-12(3)18(22)21-11(2)19(23)24)9-8-14-13-6-4-5-7-15(13)20(25)27-17(10)14/h8-9,11-12H,4-7H2,1-3H3,(H,21,22)(H,23,24)/t11-,12?/m0/s1. The van der Waals surface area contributed by atoms with E-state index in [4.69, 9.17) is 14.3 Å². The average Bonchev–Trinajstić information content (AvgIpc) is 2.64. The molecule has 1 aliphatic carbocycles. The first kappa shape index (κ1) is 18.9. The molecule has 0 aliphatic heterocycles. The lowest BCUT2D eigenvalue weighted by Gasteiger charge is -2.20. The number of amides is 1. The second-order valence-electron chi connectivity index (χ2n) is 6.95. The SMILES string of the molecule is Cc1c(OC(C)C(=O)N[C@@H](C)C(=O)O)ccc2c3c(c(=O)oc12)CCCC3. The van der Waals surface area contributed by atoms with Gasteiger partial charge in [0.05, 0.1) is 0 Å². The monoisotopic (exact) mass is 373 g/mol. The Labute approximate surface area is 156 Å². The number of hydrogen-bond acceptors (Lipinski definition) is 5. The van der Waals surface area contributed by atoms with Crippen LogP contribution in [0.4, 0.5) is 0 Å². The zero-order chi connectivity index (χ0) is 19.7. The van der Waals surface area contributed by atoms with Gasteiger partial charge in [-0.3, -0.25) is 9.59 Å². The van der Waals surface area contributed by atoms with Crippen molar-refractivity contribution >= 4 is 22.8 Å². The highest BCUT2D eigenvalue weighted by atomic mass is 16.5. The minimum absolute atomic E-state index is 0.307. The van der Waals surface area contributed by atoms with Crippen molar-refractivity contribution in [3.8, 4) is 5.75 Å². The number of aryl methyl sites for hydroxylation is 2. The fourth-order valence-corrected chi connectivity index (χ4v) is 3.39. The van der Waals surface area contributed by atoms with E-state index in [9.17, 15) is 14.4 Å². The lowest BCUT2D eigenvalue weighted by molar-refractivity contribution is -0.142. The minimum Gasteiger partial charge on any atom is -0.480 e. The van der Waals surface area contributed by atoms with Crippen LogP contribution in [0.15, 0.2) is 21.3 Å². The number of fused-ring (bicyclic) bond motifs is 3. The van der Waals surface area contributed by atoms with Crippen LogP contribution >= 0.6 is 0 Å². The van der Waals surface area contributed by atoms with Crippen molar-refractivity contribution in [3.63, 3.8) is 0 Å². The molecule has 0 saturated carbocycles. The molecule has 1 aliphatic rings. The van der Waals surface area contributed by atoms with Gasteiger partial charge in [0, 0.05) is 16.5 Å². The summed E-state index contributed by atoms with van der Waals surface area (Å²) in [5.41, 5.74) is 2.62. The minimum atomic E-state index is -1.12. The highest BCUT2D eigenvalue weighted by Gasteiger charge is 2.23. The van der Waals surface area contributed by atoms with Crippen LogP contribution in [-0.2, 0) is 22.4 Å². The van der Waals surface area contributed by atoms with Crippen molar-refractivity contribution in [1.29, 1.82) is 0 Å². The Balaban J connectivity index is 1.90. The number of carbonyl (C=O) groups is 2. The summed E-state index contributed by atoms with van der Waals surface area (Å²) in [5, 5.41) is 12.2. The summed E-state index contributed by atoms with van der Waals surface area (Å²) in [5.74, 6) is -1.23. The molecule has 144 valence electrons. The molecule has 7 nitrogen and oxygen atoms in total. The van der Waals surface area contributed by atoms with Crippen molar-refractivity contribution in [2.45, 2.75) is 58.6 Å². The third kappa shape index (κ3) is 3.67. The van der Waals surface area contributed by atoms with E-state index in [0.717, 1.165) is 42.2 Å². The van der Waals surface area contributed by atoms with Gasteiger partial charge in [-0.25, -0.2) is 4.79 Å². The molecule has 1 amide bonds. The maximum atomic E-state index is 12.3. The quantitative estimate of drug-likeness (QED) is 0.779. The van der Waals surface area contributed by atoms with E-state index < -0.39 is 24.0 Å². The van der Waals surface area contributed by atoms with Gasteiger partial charge in [0.2, 0.25) is 0 Å². The molecule has 0 saturated heterocycles. The highest BCUT2D eigenvalue weighted by molar-refractivity contribution is 5.87. The molecule has 2 aromatic rings. The van der Waals surface area contributed by atoms with E-state index in [0.29, 0.717) is 16.9 Å². The first-order chi connectivity index (χ1) is 12.8. The number of benzene rings is 1. The maximum Gasteiger partial charge on any atom is 0.339 e. The zero-order valence-corrected chi connectivity index (χ0v) is 15.6. The molecule has 27 heavy (non-hydrogen) atoms. The summed E-state index contributed by atoms with van der Waals surface area (Å²) >= 11 is 0. The second-order valence-corrected chi connectivity index (χ2v) is 6.95. The summed E-state index contributed by atoms with van der Waals surface area (Å²) in [6.07, 6.45) is 2.73. The van der Waals surface area contributed by atoms with Gasteiger partial charge in [-0.1, -0.05) is 0 Å². The van der Waals surface area contributed by atoms with Gasteiger partial charge in [0.15, 0.2) is 6.10 Å². The number of nitrogens with one attached hydrogen (secondary N) is 1.